The number of piperazine rings is 1. The summed E-state index contributed by atoms with van der Waals surface area (Å²) in [7, 11) is 1.57. The van der Waals surface area contributed by atoms with E-state index in [1.165, 1.54) is 6.92 Å². The molecule has 1 fully saturated rings. The zero-order valence-electron chi connectivity index (χ0n) is 15.6. The van der Waals surface area contributed by atoms with E-state index in [4.69, 9.17) is 16.3 Å². The predicted molar refractivity (Wildman–Crippen MR) is 107 cm³/mol. The number of ether oxygens (including phenoxy) is 1. The van der Waals surface area contributed by atoms with E-state index in [-0.39, 0.29) is 18.1 Å². The van der Waals surface area contributed by atoms with E-state index >= 15 is 0 Å². The van der Waals surface area contributed by atoms with E-state index in [0.717, 1.165) is 29.4 Å². The lowest BCUT2D eigenvalue weighted by molar-refractivity contribution is -0.130. The molecule has 0 N–H and O–H groups in total. The highest BCUT2D eigenvalue weighted by Gasteiger charge is 2.23. The summed E-state index contributed by atoms with van der Waals surface area (Å²) in [5.74, 6) is 0.635. The molecule has 0 saturated carbocycles. The minimum absolute atomic E-state index is 0.0280. The number of ketones is 1. The number of hydrogen-bond acceptors (Lipinski definition) is 4. The molecule has 0 radical (unpaired) electrons. The van der Waals surface area contributed by atoms with Crippen LogP contribution in [0.25, 0.3) is 0 Å². The summed E-state index contributed by atoms with van der Waals surface area (Å²) < 4.78 is 5.35. The number of carbonyl (C=O) groups is 2. The molecule has 1 aliphatic rings. The number of Topliss-reactive ketones (excluding diaryl/α,β-unsaturated/α-hetero) is 1. The van der Waals surface area contributed by atoms with Gasteiger partial charge in [-0.1, -0.05) is 23.7 Å². The molecule has 0 atom stereocenters. The maximum atomic E-state index is 12.8. The van der Waals surface area contributed by atoms with Crippen LogP contribution in [-0.4, -0.2) is 49.9 Å². The number of nitrogens with zero attached hydrogens (tertiary/aromatic N) is 2. The molecule has 1 heterocycles. The fourth-order valence-corrected chi connectivity index (χ4v) is 3.57. The van der Waals surface area contributed by atoms with Crippen molar-refractivity contribution in [2.45, 2.75) is 13.3 Å². The van der Waals surface area contributed by atoms with Gasteiger partial charge in [-0.3, -0.25) is 9.59 Å². The normalized spacial score (nSPS) is 14.2. The topological polar surface area (TPSA) is 49.9 Å². The Kier molecular flexibility index (Phi) is 6.01. The molecule has 2 aromatic rings. The Bertz CT molecular complexity index is 845. The van der Waals surface area contributed by atoms with Gasteiger partial charge in [-0.25, -0.2) is 0 Å². The fourth-order valence-electron chi connectivity index (χ4n) is 3.32. The molecule has 142 valence electrons. The first-order valence-corrected chi connectivity index (χ1v) is 9.32. The Labute approximate surface area is 164 Å². The maximum absolute atomic E-state index is 12.8. The number of hydrogen-bond donors (Lipinski definition) is 0. The molecule has 27 heavy (non-hydrogen) atoms. The van der Waals surface area contributed by atoms with Crippen LogP contribution in [0.5, 0.6) is 5.75 Å². The van der Waals surface area contributed by atoms with Crippen molar-refractivity contribution in [2.24, 2.45) is 0 Å². The van der Waals surface area contributed by atoms with E-state index in [1.807, 2.05) is 29.2 Å². The predicted octanol–water partition coefficient (Wildman–Crippen LogP) is 3.44. The molecule has 0 aromatic heterocycles. The molecule has 3 rings (SSSR count). The lowest BCUT2D eigenvalue weighted by Gasteiger charge is -2.36. The van der Waals surface area contributed by atoms with Crippen LogP contribution in [0.3, 0.4) is 0 Å². The van der Waals surface area contributed by atoms with Crippen molar-refractivity contribution in [1.29, 1.82) is 0 Å². The molecule has 1 saturated heterocycles. The first-order valence-electron chi connectivity index (χ1n) is 8.94. The molecule has 6 heteroatoms. The molecule has 5 nitrogen and oxygen atoms in total. The quantitative estimate of drug-likeness (QED) is 0.738. The van der Waals surface area contributed by atoms with Crippen molar-refractivity contribution in [3.05, 3.63) is 58.6 Å². The monoisotopic (exact) mass is 386 g/mol. The van der Waals surface area contributed by atoms with Crippen molar-refractivity contribution < 1.29 is 14.3 Å². The molecule has 0 aliphatic carbocycles. The Morgan fingerprint density at radius 1 is 1.07 bits per heavy atom. The molecule has 0 unspecified atom stereocenters. The van der Waals surface area contributed by atoms with Gasteiger partial charge in [-0.15, -0.1) is 0 Å². The van der Waals surface area contributed by atoms with Crippen LogP contribution in [0.4, 0.5) is 5.69 Å². The van der Waals surface area contributed by atoms with Gasteiger partial charge in [0.25, 0.3) is 0 Å². The van der Waals surface area contributed by atoms with E-state index in [0.29, 0.717) is 24.4 Å². The first-order chi connectivity index (χ1) is 13.0. The van der Waals surface area contributed by atoms with E-state index in [9.17, 15) is 9.59 Å². The van der Waals surface area contributed by atoms with Gasteiger partial charge in [-0.05, 0) is 37.3 Å². The minimum Gasteiger partial charge on any atom is -0.496 e. The van der Waals surface area contributed by atoms with Gasteiger partial charge in [0, 0.05) is 37.3 Å². The summed E-state index contributed by atoms with van der Waals surface area (Å²) >= 11 is 6.27. The second-order valence-electron chi connectivity index (χ2n) is 6.58. The third-order valence-electron chi connectivity index (χ3n) is 4.85. The van der Waals surface area contributed by atoms with Gasteiger partial charge in [0.1, 0.15) is 5.75 Å². The van der Waals surface area contributed by atoms with Gasteiger partial charge in [0.15, 0.2) is 5.78 Å². The fraction of sp³-hybridized carbons (Fsp3) is 0.333. The van der Waals surface area contributed by atoms with Crippen LogP contribution < -0.4 is 9.64 Å². The SMILES string of the molecule is COc1ccc(C(C)=O)cc1CC(=O)N1CCN(c2ccccc2Cl)CC1. The molecule has 2 aromatic carbocycles. The second-order valence-corrected chi connectivity index (χ2v) is 6.99. The third-order valence-corrected chi connectivity index (χ3v) is 5.17. The Morgan fingerprint density at radius 3 is 2.41 bits per heavy atom. The lowest BCUT2D eigenvalue weighted by Crippen LogP contribution is -2.49. The summed E-state index contributed by atoms with van der Waals surface area (Å²) in [4.78, 5) is 28.5. The van der Waals surface area contributed by atoms with E-state index in [1.54, 1.807) is 25.3 Å². The average Bonchev–Trinajstić information content (AvgIpc) is 2.68. The average molecular weight is 387 g/mol. The lowest BCUT2D eigenvalue weighted by atomic mass is 10.0. The summed E-state index contributed by atoms with van der Waals surface area (Å²) in [6.07, 6.45) is 0.219. The van der Waals surface area contributed by atoms with Crippen LogP contribution in [-0.2, 0) is 11.2 Å². The van der Waals surface area contributed by atoms with Gasteiger partial charge >= 0.3 is 0 Å². The first kappa shape index (κ1) is 19.2. The van der Waals surface area contributed by atoms with Crippen LogP contribution in [0.2, 0.25) is 5.02 Å². The number of anilines is 1. The maximum Gasteiger partial charge on any atom is 0.227 e. The number of rotatable bonds is 5. The zero-order valence-corrected chi connectivity index (χ0v) is 16.3. The summed E-state index contributed by atoms with van der Waals surface area (Å²) in [5.41, 5.74) is 2.33. The highest BCUT2D eigenvalue weighted by Crippen LogP contribution is 2.26. The summed E-state index contributed by atoms with van der Waals surface area (Å²) in [5, 5.41) is 0.725. The third kappa shape index (κ3) is 4.42. The van der Waals surface area contributed by atoms with Crippen molar-refractivity contribution in [3.63, 3.8) is 0 Å². The van der Waals surface area contributed by atoms with Gasteiger partial charge in [0.2, 0.25) is 5.91 Å². The Balaban J connectivity index is 1.66. The number of methoxy groups -OCH3 is 1. The van der Waals surface area contributed by atoms with Gasteiger partial charge in [0.05, 0.1) is 24.2 Å². The highest BCUT2D eigenvalue weighted by atomic mass is 35.5. The zero-order chi connectivity index (χ0) is 19.4. The van der Waals surface area contributed by atoms with E-state index in [2.05, 4.69) is 4.90 Å². The number of halogens is 1. The summed E-state index contributed by atoms with van der Waals surface area (Å²) in [6, 6.07) is 13.0. The standard InChI is InChI=1S/C21H23ClN2O3/c1-15(25)16-7-8-20(27-2)17(13-16)14-21(26)24-11-9-23(10-12-24)19-6-4-3-5-18(19)22/h3-8,13H,9-12,14H2,1-2H3. The Morgan fingerprint density at radius 2 is 1.78 bits per heavy atom. The number of para-hydroxylation sites is 1. The van der Waals surface area contributed by atoms with E-state index < -0.39 is 0 Å². The molecular formula is C21H23ClN2O3. The molecule has 1 amide bonds. The van der Waals surface area contributed by atoms with Crippen LogP contribution in [0.1, 0.15) is 22.8 Å². The van der Waals surface area contributed by atoms with Crippen molar-refractivity contribution in [1.82, 2.24) is 4.90 Å². The Hall–Kier alpha value is -2.53. The van der Waals surface area contributed by atoms with Crippen molar-refractivity contribution in [3.8, 4) is 5.75 Å². The van der Waals surface area contributed by atoms with Crippen LogP contribution in [0, 0.1) is 0 Å². The number of carbonyl (C=O) groups excluding carboxylic acids is 2. The summed E-state index contributed by atoms with van der Waals surface area (Å²) in [6.45, 7) is 4.26. The molecule has 0 bridgehead atoms. The second kappa shape index (κ2) is 8.44. The van der Waals surface area contributed by atoms with Gasteiger partial charge in [-0.2, -0.15) is 0 Å². The van der Waals surface area contributed by atoms with Crippen molar-refractivity contribution >= 4 is 29.0 Å². The number of benzene rings is 2. The largest absolute Gasteiger partial charge is 0.496 e. The molecular weight excluding hydrogens is 364 g/mol. The minimum atomic E-state index is -0.0280. The van der Waals surface area contributed by atoms with Gasteiger partial charge < -0.3 is 14.5 Å². The molecule has 0 spiro atoms. The van der Waals surface area contributed by atoms with Crippen molar-refractivity contribution in [2.75, 3.05) is 38.2 Å². The van der Waals surface area contributed by atoms with Crippen LogP contribution >= 0.6 is 11.6 Å². The molecule has 1 aliphatic heterocycles. The highest BCUT2D eigenvalue weighted by molar-refractivity contribution is 6.33. The number of amides is 1. The smallest absolute Gasteiger partial charge is 0.227 e. The van der Waals surface area contributed by atoms with Crippen LogP contribution in [0.15, 0.2) is 42.5 Å².